The van der Waals surface area contributed by atoms with E-state index in [1.165, 1.54) is 0 Å². The maximum Gasteiger partial charge on any atom is 0.251 e. The Morgan fingerprint density at radius 1 is 1.10 bits per heavy atom. The highest BCUT2D eigenvalue weighted by Crippen LogP contribution is 2.12. The van der Waals surface area contributed by atoms with Crippen LogP contribution >= 0.6 is 15.9 Å². The Bertz CT molecular complexity index is 581. The van der Waals surface area contributed by atoms with Gasteiger partial charge >= 0.3 is 0 Å². The number of halogens is 1. The summed E-state index contributed by atoms with van der Waals surface area (Å²) in [6.07, 6.45) is 0. The van der Waals surface area contributed by atoms with Gasteiger partial charge in [0.15, 0.2) is 0 Å². The van der Waals surface area contributed by atoms with E-state index in [1.54, 1.807) is 19.2 Å². The summed E-state index contributed by atoms with van der Waals surface area (Å²) in [5, 5.41) is 2.92. The molecule has 0 unspecified atom stereocenters. The number of nitrogens with one attached hydrogen (secondary N) is 1. The van der Waals surface area contributed by atoms with Crippen LogP contribution < -0.4 is 5.32 Å². The topological polar surface area (TPSA) is 38.3 Å². The molecule has 0 aromatic heterocycles. The van der Waals surface area contributed by atoms with Crippen LogP contribution in [0.1, 0.15) is 21.5 Å². The van der Waals surface area contributed by atoms with E-state index < -0.39 is 0 Å². The van der Waals surface area contributed by atoms with Gasteiger partial charge in [-0.25, -0.2) is 0 Å². The molecule has 0 saturated heterocycles. The van der Waals surface area contributed by atoms with Gasteiger partial charge in [-0.15, -0.1) is 0 Å². The minimum Gasteiger partial charge on any atom is -0.380 e. The predicted molar refractivity (Wildman–Crippen MR) is 82.5 cm³/mol. The standard InChI is InChI=1S/C16H16BrNO2/c1-20-11-14-5-3-2-4-13(14)10-18-16(19)12-6-8-15(17)9-7-12/h2-9H,10-11H2,1H3,(H,18,19). The Balaban J connectivity index is 2.01. The van der Waals surface area contributed by atoms with Crippen LogP contribution in [-0.4, -0.2) is 13.0 Å². The molecule has 3 nitrogen and oxygen atoms in total. The van der Waals surface area contributed by atoms with Crippen molar-refractivity contribution in [1.29, 1.82) is 0 Å². The average molecular weight is 334 g/mol. The second-order valence-electron chi connectivity index (χ2n) is 4.39. The van der Waals surface area contributed by atoms with E-state index in [1.807, 2.05) is 36.4 Å². The highest BCUT2D eigenvalue weighted by Gasteiger charge is 2.06. The molecule has 0 spiro atoms. The summed E-state index contributed by atoms with van der Waals surface area (Å²) in [6, 6.07) is 15.2. The number of carbonyl (C=O) groups excluding carboxylic acids is 1. The summed E-state index contributed by atoms with van der Waals surface area (Å²) in [4.78, 5) is 12.0. The third kappa shape index (κ3) is 3.92. The van der Waals surface area contributed by atoms with Crippen LogP contribution in [0.15, 0.2) is 53.0 Å². The largest absolute Gasteiger partial charge is 0.380 e. The first-order valence-electron chi connectivity index (χ1n) is 6.30. The zero-order valence-electron chi connectivity index (χ0n) is 11.2. The normalized spacial score (nSPS) is 10.3. The van der Waals surface area contributed by atoms with E-state index in [-0.39, 0.29) is 5.91 Å². The SMILES string of the molecule is COCc1ccccc1CNC(=O)c1ccc(Br)cc1. The van der Waals surface area contributed by atoms with E-state index in [2.05, 4.69) is 21.2 Å². The molecule has 0 saturated carbocycles. The zero-order chi connectivity index (χ0) is 14.4. The first-order chi connectivity index (χ1) is 9.70. The van der Waals surface area contributed by atoms with E-state index in [0.717, 1.165) is 15.6 Å². The maximum atomic E-state index is 12.0. The molecule has 0 bridgehead atoms. The molecule has 1 amide bonds. The minimum absolute atomic E-state index is 0.0790. The molecule has 1 N–H and O–H groups in total. The molecule has 0 aliphatic carbocycles. The van der Waals surface area contributed by atoms with Gasteiger partial charge in [0, 0.05) is 23.7 Å². The van der Waals surface area contributed by atoms with Gasteiger partial charge in [-0.3, -0.25) is 4.79 Å². The van der Waals surface area contributed by atoms with Crippen molar-refractivity contribution in [1.82, 2.24) is 5.32 Å². The number of ether oxygens (including phenoxy) is 1. The average Bonchev–Trinajstić information content (AvgIpc) is 2.47. The second-order valence-corrected chi connectivity index (χ2v) is 5.31. The van der Waals surface area contributed by atoms with E-state index in [4.69, 9.17) is 4.74 Å². The quantitative estimate of drug-likeness (QED) is 0.908. The van der Waals surface area contributed by atoms with Crippen molar-refractivity contribution >= 4 is 21.8 Å². The van der Waals surface area contributed by atoms with Crippen molar-refractivity contribution in [2.24, 2.45) is 0 Å². The fourth-order valence-electron chi connectivity index (χ4n) is 1.91. The van der Waals surface area contributed by atoms with Crippen molar-refractivity contribution in [2.45, 2.75) is 13.2 Å². The van der Waals surface area contributed by atoms with Crippen molar-refractivity contribution in [2.75, 3.05) is 7.11 Å². The summed E-state index contributed by atoms with van der Waals surface area (Å²) in [5.74, 6) is -0.0790. The third-order valence-corrected chi connectivity index (χ3v) is 3.49. The fourth-order valence-corrected chi connectivity index (χ4v) is 2.17. The van der Waals surface area contributed by atoms with Crippen LogP contribution in [0.5, 0.6) is 0 Å². The Morgan fingerprint density at radius 2 is 1.75 bits per heavy atom. The smallest absolute Gasteiger partial charge is 0.251 e. The van der Waals surface area contributed by atoms with Gasteiger partial charge in [0.05, 0.1) is 6.61 Å². The molecular formula is C16H16BrNO2. The molecule has 0 heterocycles. The predicted octanol–water partition coefficient (Wildman–Crippen LogP) is 3.53. The Kier molecular flexibility index (Phi) is 5.32. The van der Waals surface area contributed by atoms with Crippen LogP contribution in [0.3, 0.4) is 0 Å². The molecule has 0 radical (unpaired) electrons. The van der Waals surface area contributed by atoms with Gasteiger partial charge < -0.3 is 10.1 Å². The number of rotatable bonds is 5. The lowest BCUT2D eigenvalue weighted by atomic mass is 10.1. The number of benzene rings is 2. The molecule has 0 fully saturated rings. The molecular weight excluding hydrogens is 318 g/mol. The third-order valence-electron chi connectivity index (χ3n) is 2.96. The van der Waals surface area contributed by atoms with Crippen LogP contribution in [-0.2, 0) is 17.9 Å². The number of hydrogen-bond acceptors (Lipinski definition) is 2. The van der Waals surface area contributed by atoms with Crippen molar-refractivity contribution in [3.63, 3.8) is 0 Å². The number of methoxy groups -OCH3 is 1. The van der Waals surface area contributed by atoms with Gasteiger partial charge in [0.2, 0.25) is 0 Å². The lowest BCUT2D eigenvalue weighted by Gasteiger charge is -2.10. The summed E-state index contributed by atoms with van der Waals surface area (Å²) >= 11 is 3.35. The van der Waals surface area contributed by atoms with Gasteiger partial charge in [-0.1, -0.05) is 40.2 Å². The highest BCUT2D eigenvalue weighted by atomic mass is 79.9. The van der Waals surface area contributed by atoms with E-state index in [9.17, 15) is 4.79 Å². The highest BCUT2D eigenvalue weighted by molar-refractivity contribution is 9.10. The molecule has 0 atom stereocenters. The summed E-state index contributed by atoms with van der Waals surface area (Å²) in [7, 11) is 1.66. The molecule has 0 aliphatic rings. The lowest BCUT2D eigenvalue weighted by Crippen LogP contribution is -2.23. The van der Waals surface area contributed by atoms with Crippen molar-refractivity contribution < 1.29 is 9.53 Å². The van der Waals surface area contributed by atoms with Crippen LogP contribution in [0.4, 0.5) is 0 Å². The summed E-state index contributed by atoms with van der Waals surface area (Å²) in [5.41, 5.74) is 2.81. The van der Waals surface area contributed by atoms with Crippen LogP contribution in [0.2, 0.25) is 0 Å². The summed E-state index contributed by atoms with van der Waals surface area (Å²) < 4.78 is 6.11. The van der Waals surface area contributed by atoms with Gasteiger partial charge in [-0.2, -0.15) is 0 Å². The van der Waals surface area contributed by atoms with Gasteiger partial charge in [0.25, 0.3) is 5.91 Å². The lowest BCUT2D eigenvalue weighted by molar-refractivity contribution is 0.0950. The molecule has 2 aromatic carbocycles. The first-order valence-corrected chi connectivity index (χ1v) is 7.09. The number of hydrogen-bond donors (Lipinski definition) is 1. The summed E-state index contributed by atoms with van der Waals surface area (Å²) in [6.45, 7) is 1.04. The molecule has 2 rings (SSSR count). The molecule has 4 heteroatoms. The van der Waals surface area contributed by atoms with Gasteiger partial charge in [-0.05, 0) is 35.4 Å². The van der Waals surface area contributed by atoms with Crippen molar-refractivity contribution in [3.8, 4) is 0 Å². The molecule has 104 valence electrons. The minimum atomic E-state index is -0.0790. The van der Waals surface area contributed by atoms with E-state index in [0.29, 0.717) is 18.7 Å². The fraction of sp³-hybridized carbons (Fsp3) is 0.188. The number of amides is 1. The van der Waals surface area contributed by atoms with Crippen molar-refractivity contribution in [3.05, 3.63) is 69.7 Å². The maximum absolute atomic E-state index is 12.0. The molecule has 2 aromatic rings. The van der Waals surface area contributed by atoms with Crippen LogP contribution in [0.25, 0.3) is 0 Å². The zero-order valence-corrected chi connectivity index (χ0v) is 12.8. The first kappa shape index (κ1) is 14.8. The van der Waals surface area contributed by atoms with Gasteiger partial charge in [0.1, 0.15) is 0 Å². The Morgan fingerprint density at radius 3 is 2.40 bits per heavy atom. The molecule has 20 heavy (non-hydrogen) atoms. The molecule has 0 aliphatic heterocycles. The van der Waals surface area contributed by atoms with E-state index >= 15 is 0 Å². The van der Waals surface area contributed by atoms with Crippen LogP contribution in [0, 0.1) is 0 Å². The number of carbonyl (C=O) groups is 1. The monoisotopic (exact) mass is 333 g/mol. The Labute approximate surface area is 127 Å². The second kappa shape index (κ2) is 7.22. The Hall–Kier alpha value is -1.65.